The number of halogens is 4. The number of carboxylic acids is 1. The summed E-state index contributed by atoms with van der Waals surface area (Å²) in [5.41, 5.74) is -1.04. The van der Waals surface area contributed by atoms with Crippen LogP contribution in [0.2, 0.25) is 0 Å². The molecule has 1 N–H and O–H groups in total. The van der Waals surface area contributed by atoms with Crippen molar-refractivity contribution in [1.29, 1.82) is 5.26 Å². The molecule has 1 unspecified atom stereocenters. The van der Waals surface area contributed by atoms with E-state index in [1.54, 1.807) is 6.20 Å². The van der Waals surface area contributed by atoms with Crippen molar-refractivity contribution >= 4 is 17.3 Å². The largest absolute Gasteiger partial charge is 0.481 e. The van der Waals surface area contributed by atoms with Crippen LogP contribution in [0, 0.1) is 65.6 Å². The predicted molar refractivity (Wildman–Crippen MR) is 126 cm³/mol. The van der Waals surface area contributed by atoms with Crippen molar-refractivity contribution in [2.45, 2.75) is 53.2 Å². The number of carboxylic acid groups (broad SMARTS) is 1. The van der Waals surface area contributed by atoms with Gasteiger partial charge in [-0.3, -0.25) is 9.69 Å². The number of hydrogen-bond donors (Lipinski definition) is 1. The number of aromatic nitrogens is 1. The number of nitrogens with zero attached hydrogens (tertiary/aromatic N) is 3. The van der Waals surface area contributed by atoms with Crippen LogP contribution < -0.4 is 4.74 Å². The fraction of sp³-hybridized carbons (Fsp3) is 0.520. The van der Waals surface area contributed by atoms with Crippen molar-refractivity contribution < 1.29 is 63.3 Å². The Bertz CT molecular complexity index is 1120. The number of hydrogen-bond acceptors (Lipinski definition) is 6. The van der Waals surface area contributed by atoms with Crippen LogP contribution in [0.4, 0.5) is 17.6 Å². The van der Waals surface area contributed by atoms with E-state index in [2.05, 4.69) is 9.72 Å². The van der Waals surface area contributed by atoms with Crippen molar-refractivity contribution in [3.63, 3.8) is 0 Å². The maximum absolute atomic E-state index is 13.0. The summed E-state index contributed by atoms with van der Waals surface area (Å²) in [5, 5.41) is 19.7. The molecule has 2 aromatic rings. The monoisotopic (exact) mass is 764 g/mol. The molecule has 0 radical (unpaired) electrons. The topological polar surface area (TPSA) is 86.5 Å². The zero-order valence-electron chi connectivity index (χ0n) is 20.7. The first-order valence-corrected chi connectivity index (χ1v) is 12.2. The summed E-state index contributed by atoms with van der Waals surface area (Å²) in [5.74, 6) is -1.24. The van der Waals surface area contributed by atoms with Crippen LogP contribution in [0.3, 0.4) is 0 Å². The molecule has 0 spiro atoms. The number of benzene rings is 1. The maximum atomic E-state index is 13.0. The standard InChI is InChI=1S/C25H28F4N3O3S.U/c1-24(2,3)16-9-25(22(33)34,7-6-20(26)27)14-32(12-16)13-17-11-31-21(36-17)18-8-15(10-30)4-5-19(18)35-23(28)29;/h4-5,8,11,16,23H,6-7,9,12-14H2,1-3H3,(H,33,34);/q-1;/t16?,25-;/m1./s1. The normalized spacial score (nSPS) is 20.5. The number of aliphatic carboxylic acids is 1. The van der Waals surface area contributed by atoms with Gasteiger partial charge < -0.3 is 18.6 Å². The van der Waals surface area contributed by atoms with Crippen LogP contribution in [0.15, 0.2) is 24.4 Å². The molecule has 1 saturated heterocycles. The first-order valence-electron chi connectivity index (χ1n) is 11.4. The SMILES string of the molecule is CC(C)(C)C1CN(Cc2cnc(-c3cc(C#N)ccc3OC(F)F)s2)C[C@](CC[C-](F)F)(C(=O)O)C1.[U]. The quantitative estimate of drug-likeness (QED) is 0.234. The number of alkyl halides is 2. The van der Waals surface area contributed by atoms with Gasteiger partial charge in [0, 0.05) is 68.2 Å². The minimum Gasteiger partial charge on any atom is -0.481 e. The Morgan fingerprint density at radius 1 is 1.41 bits per heavy atom. The first kappa shape index (κ1) is 31.6. The summed E-state index contributed by atoms with van der Waals surface area (Å²) in [6, 6.07) is 6.06. The van der Waals surface area contributed by atoms with E-state index in [0.717, 1.165) is 4.88 Å². The molecular weight excluding hydrogens is 736 g/mol. The molecule has 1 aliphatic heterocycles. The minimum atomic E-state index is -3.05. The number of rotatable bonds is 9. The zero-order valence-corrected chi connectivity index (χ0v) is 25.7. The third-order valence-corrected chi connectivity index (χ3v) is 7.62. The van der Waals surface area contributed by atoms with Gasteiger partial charge in [-0.15, -0.1) is 17.8 Å². The van der Waals surface area contributed by atoms with E-state index in [-0.39, 0.29) is 72.3 Å². The molecule has 200 valence electrons. The van der Waals surface area contributed by atoms with Gasteiger partial charge in [0.25, 0.3) is 0 Å². The second-order valence-electron chi connectivity index (χ2n) is 10.2. The summed E-state index contributed by atoms with van der Waals surface area (Å²) >= 11 is 1.22. The van der Waals surface area contributed by atoms with Gasteiger partial charge in [0.15, 0.2) is 0 Å². The molecule has 0 aliphatic carbocycles. The van der Waals surface area contributed by atoms with Crippen LogP contribution in [0.1, 0.15) is 50.5 Å². The molecule has 2 heterocycles. The molecule has 0 amide bonds. The molecule has 1 aliphatic rings. The Morgan fingerprint density at radius 2 is 2.11 bits per heavy atom. The van der Waals surface area contributed by atoms with Crippen LogP contribution in [-0.2, 0) is 11.3 Å². The summed E-state index contributed by atoms with van der Waals surface area (Å²) in [4.78, 5) is 19.4. The van der Waals surface area contributed by atoms with Crippen molar-refractivity contribution in [1.82, 2.24) is 9.88 Å². The number of piperidine rings is 1. The summed E-state index contributed by atoms with van der Waals surface area (Å²) in [6.45, 7) is 3.99. The van der Waals surface area contributed by atoms with Crippen molar-refractivity contribution in [3.8, 4) is 22.4 Å². The molecular formula is C25H28F4N3O3SU-. The van der Waals surface area contributed by atoms with Crippen LogP contribution in [0.25, 0.3) is 10.6 Å². The number of carbonyl (C=O) groups is 1. The van der Waals surface area contributed by atoms with Gasteiger partial charge in [-0.2, -0.15) is 14.0 Å². The third kappa shape index (κ3) is 8.16. The van der Waals surface area contributed by atoms with Crippen molar-refractivity contribution in [3.05, 3.63) is 41.3 Å². The molecule has 37 heavy (non-hydrogen) atoms. The fourth-order valence-corrected chi connectivity index (χ4v) is 5.55. The number of nitriles is 1. The van der Waals surface area contributed by atoms with Gasteiger partial charge in [0.2, 0.25) is 0 Å². The van der Waals surface area contributed by atoms with Crippen LogP contribution in [-0.4, -0.2) is 40.7 Å². The van der Waals surface area contributed by atoms with Crippen LogP contribution in [0.5, 0.6) is 5.75 Å². The number of ether oxygens (including phenoxy) is 1. The smallest absolute Gasteiger partial charge is 0.387 e. The molecule has 3 rings (SSSR count). The Labute approximate surface area is 241 Å². The Hall–Kier alpha value is -1.66. The summed E-state index contributed by atoms with van der Waals surface area (Å²) in [7, 11) is 0. The molecule has 6 nitrogen and oxygen atoms in total. The first-order chi connectivity index (χ1) is 16.8. The Balaban J connectivity index is 0.00000481. The van der Waals surface area contributed by atoms with E-state index in [9.17, 15) is 32.7 Å². The third-order valence-electron chi connectivity index (χ3n) is 6.60. The van der Waals surface area contributed by atoms with Crippen molar-refractivity contribution in [2.24, 2.45) is 16.7 Å². The van der Waals surface area contributed by atoms with E-state index in [1.807, 2.05) is 31.7 Å². The second kappa shape index (κ2) is 12.9. The van der Waals surface area contributed by atoms with Crippen molar-refractivity contribution in [2.75, 3.05) is 13.1 Å². The molecule has 2 atom stereocenters. The summed E-state index contributed by atoms with van der Waals surface area (Å²) < 4.78 is 56.3. The zero-order chi connectivity index (χ0) is 26.7. The van der Waals surface area contributed by atoms with E-state index in [0.29, 0.717) is 24.5 Å². The van der Waals surface area contributed by atoms with Gasteiger partial charge in [0.1, 0.15) is 10.8 Å². The Morgan fingerprint density at radius 3 is 2.68 bits per heavy atom. The summed E-state index contributed by atoms with van der Waals surface area (Å²) in [6.07, 6.45) is -0.628. The minimum absolute atomic E-state index is 0. The van der Waals surface area contributed by atoms with Gasteiger partial charge in [-0.1, -0.05) is 27.2 Å². The fourth-order valence-electron chi connectivity index (χ4n) is 4.57. The van der Waals surface area contributed by atoms with Gasteiger partial charge >= 0.3 is 12.6 Å². The predicted octanol–water partition coefficient (Wildman–Crippen LogP) is 6.43. The average molecular weight is 765 g/mol. The van der Waals surface area contributed by atoms with Gasteiger partial charge in [0.05, 0.1) is 22.6 Å². The second-order valence-corrected chi connectivity index (χ2v) is 11.3. The average Bonchev–Trinajstić information content (AvgIpc) is 3.25. The molecule has 0 saturated carbocycles. The van der Waals surface area contributed by atoms with E-state index < -0.39 is 30.8 Å². The molecule has 1 aromatic carbocycles. The number of thiazole rings is 1. The molecule has 12 heteroatoms. The molecule has 0 bridgehead atoms. The maximum Gasteiger partial charge on any atom is 0.387 e. The van der Waals surface area contributed by atoms with E-state index in [1.165, 1.54) is 29.5 Å². The van der Waals surface area contributed by atoms with Crippen LogP contribution >= 0.6 is 11.3 Å². The molecule has 1 aromatic heterocycles. The van der Waals surface area contributed by atoms with Gasteiger partial charge in [-0.05, 0) is 36.0 Å². The van der Waals surface area contributed by atoms with E-state index >= 15 is 0 Å². The molecule has 1 fully saturated rings. The van der Waals surface area contributed by atoms with E-state index in [4.69, 9.17) is 0 Å². The number of likely N-dealkylation sites (tertiary alicyclic amines) is 1. The van der Waals surface area contributed by atoms with Gasteiger partial charge in [-0.25, -0.2) is 4.98 Å². The Kier molecular flexibility index (Phi) is 11.0.